The first-order chi connectivity index (χ1) is 14.8. The minimum atomic E-state index is -4.51. The van der Waals surface area contributed by atoms with Crippen LogP contribution in [0.4, 0.5) is 18.9 Å². The van der Waals surface area contributed by atoms with Crippen LogP contribution in [0.2, 0.25) is 0 Å². The molecule has 0 aromatic heterocycles. The van der Waals surface area contributed by atoms with Crippen molar-refractivity contribution in [3.05, 3.63) is 23.8 Å². The monoisotopic (exact) mass is 443 g/mol. The molecule has 1 atom stereocenters. The molecule has 2 aliphatic rings. The van der Waals surface area contributed by atoms with Crippen LogP contribution < -0.4 is 10.1 Å². The minimum Gasteiger partial charge on any atom is -0.489 e. The van der Waals surface area contributed by atoms with E-state index in [4.69, 9.17) is 9.47 Å². The number of halogens is 3. The van der Waals surface area contributed by atoms with Crippen LogP contribution in [0.3, 0.4) is 0 Å². The van der Waals surface area contributed by atoms with Gasteiger partial charge in [-0.2, -0.15) is 13.2 Å². The molecule has 1 N–H and O–H groups in total. The van der Waals surface area contributed by atoms with Gasteiger partial charge in [0.1, 0.15) is 12.4 Å². The molecule has 0 radical (unpaired) electrons. The Morgan fingerprint density at radius 3 is 2.45 bits per heavy atom. The molecule has 1 aliphatic heterocycles. The number of hydrogen-bond acceptors (Lipinski definition) is 5. The SMILES string of the molecule is COCCOc1ccc(C(F)(F)F)cc1NC(=O)C(C)N1CCN(C2CCCC2)CC1. The average Bonchev–Trinajstić information content (AvgIpc) is 3.28. The van der Waals surface area contributed by atoms with Gasteiger partial charge in [0.25, 0.3) is 0 Å². The van der Waals surface area contributed by atoms with Gasteiger partial charge in [-0.1, -0.05) is 12.8 Å². The standard InChI is InChI=1S/C22H32F3N3O3/c1-16(27-9-11-28(12-10-27)18-5-3-4-6-18)21(29)26-19-15-17(22(23,24)25)7-8-20(19)31-14-13-30-2/h7-8,15-16,18H,3-6,9-14H2,1-2H3,(H,26,29). The molecule has 1 saturated carbocycles. The van der Waals surface area contributed by atoms with Gasteiger partial charge in [-0.25, -0.2) is 0 Å². The summed E-state index contributed by atoms with van der Waals surface area (Å²) in [6.07, 6.45) is 0.562. The molecule has 2 fully saturated rings. The largest absolute Gasteiger partial charge is 0.489 e. The summed E-state index contributed by atoms with van der Waals surface area (Å²) in [7, 11) is 1.51. The topological polar surface area (TPSA) is 54.0 Å². The fourth-order valence-corrected chi connectivity index (χ4v) is 4.33. The molecule has 31 heavy (non-hydrogen) atoms. The highest BCUT2D eigenvalue weighted by Crippen LogP contribution is 2.35. The Morgan fingerprint density at radius 1 is 1.16 bits per heavy atom. The molecule has 6 nitrogen and oxygen atoms in total. The number of ether oxygens (including phenoxy) is 2. The quantitative estimate of drug-likeness (QED) is 0.622. The Balaban J connectivity index is 1.63. The lowest BCUT2D eigenvalue weighted by molar-refractivity contribution is -0.137. The number of amides is 1. The molecule has 1 aromatic carbocycles. The van der Waals surface area contributed by atoms with Gasteiger partial charge >= 0.3 is 6.18 Å². The van der Waals surface area contributed by atoms with Gasteiger partial charge in [-0.05, 0) is 38.0 Å². The number of methoxy groups -OCH3 is 1. The van der Waals surface area contributed by atoms with Crippen molar-refractivity contribution in [2.24, 2.45) is 0 Å². The Labute approximate surface area is 181 Å². The molecule has 1 aromatic rings. The predicted molar refractivity (Wildman–Crippen MR) is 112 cm³/mol. The highest BCUT2D eigenvalue weighted by Gasteiger charge is 2.33. The fourth-order valence-electron chi connectivity index (χ4n) is 4.33. The first-order valence-electron chi connectivity index (χ1n) is 10.9. The van der Waals surface area contributed by atoms with Crippen molar-refractivity contribution in [3.63, 3.8) is 0 Å². The molecule has 1 amide bonds. The number of piperazine rings is 1. The van der Waals surface area contributed by atoms with Gasteiger partial charge in [-0.3, -0.25) is 14.6 Å². The zero-order valence-corrected chi connectivity index (χ0v) is 18.2. The molecule has 1 heterocycles. The second kappa shape index (κ2) is 10.7. The molecule has 9 heteroatoms. The van der Waals surface area contributed by atoms with E-state index in [0.29, 0.717) is 6.04 Å². The highest BCUT2D eigenvalue weighted by atomic mass is 19.4. The fraction of sp³-hybridized carbons (Fsp3) is 0.682. The first-order valence-corrected chi connectivity index (χ1v) is 10.9. The molecule has 1 aliphatic carbocycles. The Hall–Kier alpha value is -1.84. The second-order valence-corrected chi connectivity index (χ2v) is 8.23. The maximum absolute atomic E-state index is 13.2. The number of rotatable bonds is 8. The Morgan fingerprint density at radius 2 is 1.84 bits per heavy atom. The van der Waals surface area contributed by atoms with Crippen LogP contribution >= 0.6 is 0 Å². The molecular weight excluding hydrogens is 411 g/mol. The zero-order valence-electron chi connectivity index (χ0n) is 18.2. The zero-order chi connectivity index (χ0) is 22.4. The molecular formula is C22H32F3N3O3. The Kier molecular flexibility index (Phi) is 8.18. The number of anilines is 1. The van der Waals surface area contributed by atoms with Gasteiger partial charge in [-0.15, -0.1) is 0 Å². The second-order valence-electron chi connectivity index (χ2n) is 8.23. The molecule has 1 saturated heterocycles. The summed E-state index contributed by atoms with van der Waals surface area (Å²) in [4.78, 5) is 17.5. The van der Waals surface area contributed by atoms with E-state index in [0.717, 1.165) is 38.3 Å². The van der Waals surface area contributed by atoms with Crippen molar-refractivity contribution < 1.29 is 27.4 Å². The Bertz CT molecular complexity index is 730. The number of alkyl halides is 3. The van der Waals surface area contributed by atoms with Crippen molar-refractivity contribution in [2.75, 3.05) is 51.8 Å². The molecule has 174 valence electrons. The van der Waals surface area contributed by atoms with Gasteiger partial charge in [0.15, 0.2) is 0 Å². The maximum atomic E-state index is 13.2. The lowest BCUT2D eigenvalue weighted by Crippen LogP contribution is -2.54. The summed E-state index contributed by atoms with van der Waals surface area (Å²) in [6.45, 7) is 5.61. The smallest absolute Gasteiger partial charge is 0.416 e. The molecule has 0 spiro atoms. The van der Waals surface area contributed by atoms with Crippen molar-refractivity contribution in [3.8, 4) is 5.75 Å². The lowest BCUT2D eigenvalue weighted by Gasteiger charge is -2.40. The number of carbonyl (C=O) groups is 1. The first kappa shape index (κ1) is 23.8. The van der Waals surface area contributed by atoms with Crippen LogP contribution in [0, 0.1) is 0 Å². The third-order valence-electron chi connectivity index (χ3n) is 6.23. The van der Waals surface area contributed by atoms with Crippen molar-refractivity contribution in [1.29, 1.82) is 0 Å². The molecule has 0 bridgehead atoms. The van der Waals surface area contributed by atoms with E-state index < -0.39 is 17.8 Å². The van der Waals surface area contributed by atoms with E-state index in [-0.39, 0.29) is 30.6 Å². The normalized spacial score (nSPS) is 20.0. The number of hydrogen-bond donors (Lipinski definition) is 1. The lowest BCUT2D eigenvalue weighted by atomic mass is 10.1. The van der Waals surface area contributed by atoms with Crippen molar-refractivity contribution >= 4 is 11.6 Å². The van der Waals surface area contributed by atoms with Gasteiger partial charge in [0, 0.05) is 39.3 Å². The highest BCUT2D eigenvalue weighted by molar-refractivity contribution is 5.96. The van der Waals surface area contributed by atoms with Crippen LogP contribution in [-0.4, -0.2) is 74.3 Å². The van der Waals surface area contributed by atoms with E-state index in [1.54, 1.807) is 6.92 Å². The van der Waals surface area contributed by atoms with E-state index in [2.05, 4.69) is 15.1 Å². The molecule has 1 unspecified atom stereocenters. The summed E-state index contributed by atoms with van der Waals surface area (Å²) in [6, 6.07) is 3.31. The summed E-state index contributed by atoms with van der Waals surface area (Å²) in [5.41, 5.74) is -0.813. The summed E-state index contributed by atoms with van der Waals surface area (Å²) < 4.78 is 50.0. The third kappa shape index (κ3) is 6.33. The van der Waals surface area contributed by atoms with Crippen LogP contribution in [0.25, 0.3) is 0 Å². The van der Waals surface area contributed by atoms with E-state index in [9.17, 15) is 18.0 Å². The summed E-state index contributed by atoms with van der Waals surface area (Å²) in [5, 5.41) is 2.65. The summed E-state index contributed by atoms with van der Waals surface area (Å²) >= 11 is 0. The van der Waals surface area contributed by atoms with Crippen LogP contribution in [-0.2, 0) is 15.7 Å². The number of nitrogens with one attached hydrogen (secondary N) is 1. The number of nitrogens with zero attached hydrogens (tertiary/aromatic N) is 2. The van der Waals surface area contributed by atoms with Crippen LogP contribution in [0.15, 0.2) is 18.2 Å². The van der Waals surface area contributed by atoms with E-state index in [1.165, 1.54) is 38.9 Å². The molecule has 3 rings (SSSR count). The average molecular weight is 444 g/mol. The third-order valence-corrected chi connectivity index (χ3v) is 6.23. The maximum Gasteiger partial charge on any atom is 0.416 e. The minimum absolute atomic E-state index is 0.0207. The van der Waals surface area contributed by atoms with Gasteiger partial charge in [0.05, 0.1) is 23.9 Å². The van der Waals surface area contributed by atoms with E-state index in [1.807, 2.05) is 0 Å². The van der Waals surface area contributed by atoms with E-state index >= 15 is 0 Å². The number of carbonyl (C=O) groups excluding carboxylic acids is 1. The van der Waals surface area contributed by atoms with Crippen molar-refractivity contribution in [2.45, 2.75) is 50.9 Å². The van der Waals surface area contributed by atoms with Gasteiger partial charge < -0.3 is 14.8 Å². The summed E-state index contributed by atoms with van der Waals surface area (Å²) in [5.74, 6) is -0.151. The predicted octanol–water partition coefficient (Wildman–Crippen LogP) is 3.62. The number of benzene rings is 1. The van der Waals surface area contributed by atoms with Crippen LogP contribution in [0.5, 0.6) is 5.75 Å². The van der Waals surface area contributed by atoms with Crippen LogP contribution in [0.1, 0.15) is 38.2 Å². The van der Waals surface area contributed by atoms with Gasteiger partial charge in [0.2, 0.25) is 5.91 Å². The van der Waals surface area contributed by atoms with Crippen molar-refractivity contribution in [1.82, 2.24) is 9.80 Å².